The third-order valence-corrected chi connectivity index (χ3v) is 2.74. The molecule has 0 amide bonds. The second-order valence-corrected chi connectivity index (χ2v) is 4.17. The van der Waals surface area contributed by atoms with E-state index in [4.69, 9.17) is 0 Å². The molecule has 1 heterocycles. The Morgan fingerprint density at radius 3 is 1.95 bits per heavy atom. The quantitative estimate of drug-likeness (QED) is 0.791. The summed E-state index contributed by atoms with van der Waals surface area (Å²) < 4.78 is 75.8. The van der Waals surface area contributed by atoms with Gasteiger partial charge >= 0.3 is 12.4 Å². The van der Waals surface area contributed by atoms with E-state index in [1.807, 2.05) is 0 Å². The normalized spacial score (nSPS) is 12.5. The van der Waals surface area contributed by atoms with Gasteiger partial charge in [-0.1, -0.05) is 18.2 Å². The van der Waals surface area contributed by atoms with E-state index in [0.717, 1.165) is 18.2 Å². The van der Waals surface area contributed by atoms with Crippen molar-refractivity contribution in [3.8, 4) is 11.3 Å². The van der Waals surface area contributed by atoms with Crippen LogP contribution in [0, 0.1) is 0 Å². The zero-order valence-electron chi connectivity index (χ0n) is 10.1. The molecular weight excluding hydrogens is 300 g/mol. The highest BCUT2D eigenvalue weighted by Crippen LogP contribution is 2.36. The summed E-state index contributed by atoms with van der Waals surface area (Å²) in [7, 11) is 0. The molecule has 112 valence electrons. The first kappa shape index (κ1) is 15.1. The molecule has 1 N–H and O–H groups in total. The van der Waals surface area contributed by atoms with Crippen molar-refractivity contribution in [2.24, 2.45) is 0 Å². The average Bonchev–Trinajstić information content (AvgIpc) is 2.36. The summed E-state index contributed by atoms with van der Waals surface area (Å²) in [6.07, 6.45) is -9.18. The molecule has 0 aliphatic carbocycles. The van der Waals surface area contributed by atoms with Gasteiger partial charge in [-0.25, -0.2) is 0 Å². The summed E-state index contributed by atoms with van der Waals surface area (Å²) in [5.74, 6) is 0. The topological polar surface area (TPSA) is 32.9 Å². The highest BCUT2D eigenvalue weighted by Gasteiger charge is 2.35. The molecule has 21 heavy (non-hydrogen) atoms. The number of nitrogens with one attached hydrogen (secondary N) is 1. The summed E-state index contributed by atoms with van der Waals surface area (Å²) in [6, 6.07) is 4.80. The van der Waals surface area contributed by atoms with Gasteiger partial charge in [-0.2, -0.15) is 26.3 Å². The number of H-pyrrole nitrogens is 1. The first-order valence-electron chi connectivity index (χ1n) is 5.57. The van der Waals surface area contributed by atoms with Gasteiger partial charge in [0, 0.05) is 23.5 Å². The van der Waals surface area contributed by atoms with E-state index in [0.29, 0.717) is 12.3 Å². The molecule has 0 radical (unpaired) electrons. The highest BCUT2D eigenvalue weighted by atomic mass is 19.4. The lowest BCUT2D eigenvalue weighted by Crippen LogP contribution is -2.19. The Kier molecular flexibility index (Phi) is 3.56. The fraction of sp³-hybridized carbons (Fsp3) is 0.154. The summed E-state index contributed by atoms with van der Waals surface area (Å²) in [6.45, 7) is 0. The van der Waals surface area contributed by atoms with Crippen molar-refractivity contribution in [1.82, 2.24) is 4.98 Å². The number of hydrogen-bond acceptors (Lipinski definition) is 1. The number of rotatable bonds is 1. The molecule has 0 fully saturated rings. The third-order valence-electron chi connectivity index (χ3n) is 2.74. The number of benzene rings is 1. The molecule has 0 aliphatic rings. The van der Waals surface area contributed by atoms with Crippen LogP contribution in [0.4, 0.5) is 26.3 Å². The van der Waals surface area contributed by atoms with Crippen LogP contribution < -0.4 is 5.43 Å². The summed E-state index contributed by atoms with van der Waals surface area (Å²) in [5.41, 5.74) is -4.62. The summed E-state index contributed by atoms with van der Waals surface area (Å²) in [4.78, 5) is 13.5. The van der Waals surface area contributed by atoms with E-state index in [1.54, 1.807) is 0 Å². The van der Waals surface area contributed by atoms with Crippen molar-refractivity contribution in [1.29, 1.82) is 0 Å². The van der Waals surface area contributed by atoms with E-state index in [-0.39, 0.29) is 5.69 Å². The molecule has 2 aromatic rings. The van der Waals surface area contributed by atoms with Crippen LogP contribution in [0.25, 0.3) is 11.3 Å². The number of alkyl halides is 6. The minimum Gasteiger partial charge on any atom is -0.360 e. The molecule has 8 heteroatoms. The van der Waals surface area contributed by atoms with Crippen molar-refractivity contribution in [2.45, 2.75) is 12.4 Å². The van der Waals surface area contributed by atoms with Crippen molar-refractivity contribution < 1.29 is 26.3 Å². The summed E-state index contributed by atoms with van der Waals surface area (Å²) in [5, 5.41) is 0. The largest absolute Gasteiger partial charge is 0.421 e. The second kappa shape index (κ2) is 4.94. The molecule has 0 spiro atoms. The van der Waals surface area contributed by atoms with E-state index >= 15 is 0 Å². The van der Waals surface area contributed by atoms with Gasteiger partial charge in [0.15, 0.2) is 5.43 Å². The SMILES string of the molecule is O=c1cc(-c2ccccc2C(F)(F)F)[nH]cc1C(F)(F)F. The molecule has 1 aromatic heterocycles. The Morgan fingerprint density at radius 1 is 0.857 bits per heavy atom. The maximum absolute atomic E-state index is 12.8. The van der Waals surface area contributed by atoms with Gasteiger partial charge in [-0.05, 0) is 6.07 Å². The molecule has 0 atom stereocenters. The molecule has 2 rings (SSSR count). The van der Waals surface area contributed by atoms with Crippen LogP contribution in [0.2, 0.25) is 0 Å². The van der Waals surface area contributed by atoms with Gasteiger partial charge in [-0.3, -0.25) is 4.79 Å². The van der Waals surface area contributed by atoms with Crippen molar-refractivity contribution in [2.75, 3.05) is 0 Å². The van der Waals surface area contributed by atoms with E-state index in [1.165, 1.54) is 6.07 Å². The molecule has 0 unspecified atom stereocenters. The first-order valence-corrected chi connectivity index (χ1v) is 5.57. The van der Waals surface area contributed by atoms with Crippen LogP contribution in [0.1, 0.15) is 11.1 Å². The molecule has 1 aromatic carbocycles. The predicted molar refractivity (Wildman–Crippen MR) is 62.5 cm³/mol. The number of aromatic amines is 1. The van der Waals surface area contributed by atoms with E-state index in [9.17, 15) is 31.1 Å². The minimum absolute atomic E-state index is 0.332. The van der Waals surface area contributed by atoms with Crippen molar-refractivity contribution >= 4 is 0 Å². The first-order chi connectivity index (χ1) is 9.60. The fourth-order valence-corrected chi connectivity index (χ4v) is 1.81. The number of pyridine rings is 1. The standard InChI is InChI=1S/C13H7F6NO/c14-12(15,16)8-4-2-1-3-7(8)10-5-11(21)9(6-20-10)13(17,18)19/h1-6H,(H,20,21). The lowest BCUT2D eigenvalue weighted by Gasteiger charge is -2.13. The Labute approximate surface area is 114 Å². The van der Waals surface area contributed by atoms with Gasteiger partial charge in [0.2, 0.25) is 0 Å². The Balaban J connectivity index is 2.60. The number of halogens is 6. The van der Waals surface area contributed by atoms with Gasteiger partial charge in [0.25, 0.3) is 0 Å². The molecule has 0 saturated carbocycles. The average molecular weight is 307 g/mol. The van der Waals surface area contributed by atoms with E-state index < -0.39 is 34.5 Å². The lowest BCUT2D eigenvalue weighted by molar-refractivity contribution is -0.139. The van der Waals surface area contributed by atoms with Crippen LogP contribution in [-0.4, -0.2) is 4.98 Å². The van der Waals surface area contributed by atoms with Crippen LogP contribution in [0.3, 0.4) is 0 Å². The maximum atomic E-state index is 12.8. The molecule has 0 saturated heterocycles. The molecule has 0 bridgehead atoms. The Morgan fingerprint density at radius 2 is 1.43 bits per heavy atom. The maximum Gasteiger partial charge on any atom is 0.421 e. The Bertz CT molecular complexity index is 714. The molecule has 2 nitrogen and oxygen atoms in total. The van der Waals surface area contributed by atoms with Crippen molar-refractivity contribution in [3.63, 3.8) is 0 Å². The predicted octanol–water partition coefficient (Wildman–Crippen LogP) is 4.08. The summed E-state index contributed by atoms with van der Waals surface area (Å²) >= 11 is 0. The molecular formula is C13H7F6NO. The third kappa shape index (κ3) is 3.09. The minimum atomic E-state index is -4.87. The second-order valence-electron chi connectivity index (χ2n) is 4.17. The lowest BCUT2D eigenvalue weighted by atomic mass is 10.0. The Hall–Kier alpha value is -2.25. The number of aromatic nitrogens is 1. The highest BCUT2D eigenvalue weighted by molar-refractivity contribution is 5.64. The fourth-order valence-electron chi connectivity index (χ4n) is 1.81. The van der Waals surface area contributed by atoms with Gasteiger partial charge in [0.1, 0.15) is 5.56 Å². The van der Waals surface area contributed by atoms with Crippen LogP contribution in [-0.2, 0) is 12.4 Å². The molecule has 0 aliphatic heterocycles. The monoisotopic (exact) mass is 307 g/mol. The van der Waals surface area contributed by atoms with Gasteiger partial charge in [-0.15, -0.1) is 0 Å². The van der Waals surface area contributed by atoms with E-state index in [2.05, 4.69) is 4.98 Å². The van der Waals surface area contributed by atoms with Crippen molar-refractivity contribution in [3.05, 3.63) is 57.9 Å². The van der Waals surface area contributed by atoms with Crippen LogP contribution in [0.5, 0.6) is 0 Å². The zero-order valence-corrected chi connectivity index (χ0v) is 10.1. The number of hydrogen-bond donors (Lipinski definition) is 1. The van der Waals surface area contributed by atoms with Crippen LogP contribution in [0.15, 0.2) is 41.3 Å². The smallest absolute Gasteiger partial charge is 0.360 e. The van der Waals surface area contributed by atoms with Gasteiger partial charge < -0.3 is 4.98 Å². The van der Waals surface area contributed by atoms with Crippen LogP contribution >= 0.6 is 0 Å². The zero-order chi connectivity index (χ0) is 15.8. The van der Waals surface area contributed by atoms with Gasteiger partial charge in [0.05, 0.1) is 5.56 Å².